The van der Waals surface area contributed by atoms with E-state index in [4.69, 9.17) is 14.3 Å². The van der Waals surface area contributed by atoms with Crippen molar-refractivity contribution in [1.82, 2.24) is 29.4 Å². The van der Waals surface area contributed by atoms with Crippen molar-refractivity contribution in [1.29, 1.82) is 0 Å². The van der Waals surface area contributed by atoms with Crippen molar-refractivity contribution in [2.45, 2.75) is 90.8 Å². The SMILES string of the molecule is CC(C)(C)OC(=O)Nc1nc(C(=NOC(C)(C)C(=O)OC(C)(C)C)C(=O)N[C@@H]2C(=O)N(S(=O)(=O)O)[C@@H]2Cn2cncn2)cs1. The predicted octanol–water partition coefficient (Wildman–Crippen LogP) is 1.12. The molecule has 44 heavy (non-hydrogen) atoms. The van der Waals surface area contributed by atoms with Crippen LogP contribution in [0.4, 0.5) is 9.93 Å². The van der Waals surface area contributed by atoms with Crippen molar-refractivity contribution >= 4 is 56.4 Å². The molecular weight excluding hydrogens is 624 g/mol. The molecule has 242 valence electrons. The lowest BCUT2D eigenvalue weighted by molar-refractivity contribution is -0.179. The molecule has 3 heterocycles. The van der Waals surface area contributed by atoms with E-state index >= 15 is 0 Å². The Bertz CT molecular complexity index is 1540. The molecule has 2 aromatic rings. The number of anilines is 1. The number of carbonyl (C=O) groups is 4. The second kappa shape index (κ2) is 12.4. The van der Waals surface area contributed by atoms with Gasteiger partial charge in [-0.25, -0.2) is 23.9 Å². The molecule has 0 bridgehead atoms. The summed E-state index contributed by atoms with van der Waals surface area (Å²) in [6.45, 7) is 12.4. The lowest BCUT2D eigenvalue weighted by Crippen LogP contribution is -2.73. The molecule has 1 fully saturated rings. The minimum atomic E-state index is -4.98. The number of amides is 3. The van der Waals surface area contributed by atoms with E-state index in [1.807, 2.05) is 0 Å². The maximum Gasteiger partial charge on any atom is 0.413 e. The molecule has 0 aliphatic carbocycles. The van der Waals surface area contributed by atoms with Crippen molar-refractivity contribution in [2.75, 3.05) is 5.32 Å². The van der Waals surface area contributed by atoms with Gasteiger partial charge in [-0.2, -0.15) is 13.5 Å². The molecule has 0 aromatic carbocycles. The number of oxime groups is 1. The first-order valence-corrected chi connectivity index (χ1v) is 15.2. The molecule has 2 aromatic heterocycles. The topological polar surface area (TPSA) is 234 Å². The van der Waals surface area contributed by atoms with Gasteiger partial charge >= 0.3 is 22.4 Å². The Hall–Kier alpha value is -4.17. The highest BCUT2D eigenvalue weighted by molar-refractivity contribution is 7.84. The fourth-order valence-electron chi connectivity index (χ4n) is 3.50. The Kier molecular flexibility index (Phi) is 9.71. The van der Waals surface area contributed by atoms with E-state index < -0.39 is 68.8 Å². The molecule has 0 radical (unpaired) electrons. The second-order valence-electron chi connectivity index (χ2n) is 12.0. The molecule has 1 aliphatic heterocycles. The summed E-state index contributed by atoms with van der Waals surface area (Å²) in [7, 11) is -4.98. The van der Waals surface area contributed by atoms with E-state index in [0.29, 0.717) is 0 Å². The molecule has 0 spiro atoms. The average Bonchev–Trinajstić information content (AvgIpc) is 3.51. The summed E-state index contributed by atoms with van der Waals surface area (Å²) in [5, 5.41) is 13.9. The van der Waals surface area contributed by atoms with Crippen molar-refractivity contribution in [3.8, 4) is 0 Å². The maximum atomic E-state index is 13.5. The predicted molar refractivity (Wildman–Crippen MR) is 154 cm³/mol. The first kappa shape index (κ1) is 34.3. The smallest absolute Gasteiger partial charge is 0.413 e. The van der Waals surface area contributed by atoms with Crippen molar-refractivity contribution in [2.24, 2.45) is 5.16 Å². The summed E-state index contributed by atoms with van der Waals surface area (Å²) >= 11 is 0.906. The molecular formula is C24H34N8O10S2. The van der Waals surface area contributed by atoms with Gasteiger partial charge in [0, 0.05) is 5.38 Å². The zero-order chi connectivity index (χ0) is 33.3. The third-order valence-electron chi connectivity index (χ3n) is 5.37. The van der Waals surface area contributed by atoms with Gasteiger partial charge in [0.15, 0.2) is 10.8 Å². The van der Waals surface area contributed by atoms with Crippen LogP contribution in [0.15, 0.2) is 23.2 Å². The number of thiazole rings is 1. The van der Waals surface area contributed by atoms with Crippen LogP contribution < -0.4 is 10.6 Å². The Labute approximate surface area is 257 Å². The van der Waals surface area contributed by atoms with Crippen LogP contribution >= 0.6 is 11.3 Å². The van der Waals surface area contributed by atoms with Gasteiger partial charge in [0.2, 0.25) is 5.60 Å². The standard InChI is InChI=1S/C24H34N8O10S2/c1-22(2,3)40-19(35)24(7,8)42-30-15(13-10-43-20(27-13)29-21(36)41-23(4,5)6)17(33)28-16-14(9-31-12-25-11-26-31)32(18(16)34)44(37,38)39/h10-12,14,16H,9H2,1-8H3,(H,28,33)(H,27,29,36)(H,37,38,39)/t14-,16+/m1/s1. The quantitative estimate of drug-likeness (QED) is 0.107. The summed E-state index contributed by atoms with van der Waals surface area (Å²) in [6.07, 6.45) is 1.61. The first-order valence-electron chi connectivity index (χ1n) is 13.0. The number of nitrogens with zero attached hydrogens (tertiary/aromatic N) is 6. The Morgan fingerprint density at radius 3 is 2.27 bits per heavy atom. The minimum absolute atomic E-state index is 0.0162. The normalized spacial score (nSPS) is 17.9. The van der Waals surface area contributed by atoms with Crippen LogP contribution in [-0.2, 0) is 45.5 Å². The number of rotatable bonds is 10. The van der Waals surface area contributed by atoms with Gasteiger partial charge in [-0.15, -0.1) is 11.3 Å². The van der Waals surface area contributed by atoms with Crippen LogP contribution in [0.25, 0.3) is 0 Å². The van der Waals surface area contributed by atoms with Crippen LogP contribution in [-0.4, -0.2) is 95.5 Å². The average molecular weight is 659 g/mol. The zero-order valence-electron chi connectivity index (χ0n) is 25.2. The highest BCUT2D eigenvalue weighted by Crippen LogP contribution is 2.26. The van der Waals surface area contributed by atoms with Crippen LogP contribution in [0.5, 0.6) is 0 Å². The van der Waals surface area contributed by atoms with Gasteiger partial charge < -0.3 is 19.6 Å². The summed E-state index contributed by atoms with van der Waals surface area (Å²) < 4.78 is 45.3. The maximum absolute atomic E-state index is 13.5. The van der Waals surface area contributed by atoms with Crippen LogP contribution in [0, 0.1) is 0 Å². The minimum Gasteiger partial charge on any atom is -0.457 e. The molecule has 3 amide bonds. The van der Waals surface area contributed by atoms with E-state index in [2.05, 4.69) is 30.9 Å². The van der Waals surface area contributed by atoms with Gasteiger partial charge in [-0.3, -0.25) is 24.1 Å². The lowest BCUT2D eigenvalue weighted by Gasteiger charge is -2.43. The first-order chi connectivity index (χ1) is 20.1. The summed E-state index contributed by atoms with van der Waals surface area (Å²) in [5.74, 6) is -2.99. The molecule has 0 unspecified atom stereocenters. The Morgan fingerprint density at radius 2 is 1.73 bits per heavy atom. The highest BCUT2D eigenvalue weighted by Gasteiger charge is 2.54. The largest absolute Gasteiger partial charge is 0.457 e. The molecule has 3 rings (SSSR count). The molecule has 0 saturated carbocycles. The number of esters is 1. The molecule has 20 heteroatoms. The lowest BCUT2D eigenvalue weighted by atomic mass is 9.98. The number of aromatic nitrogens is 4. The van der Waals surface area contributed by atoms with Gasteiger partial charge in [0.05, 0.1) is 12.6 Å². The monoisotopic (exact) mass is 658 g/mol. The molecule has 1 aliphatic rings. The van der Waals surface area contributed by atoms with E-state index in [-0.39, 0.29) is 21.7 Å². The number of β-lactam (4-membered cyclic amide) rings is 1. The fourth-order valence-corrected chi connectivity index (χ4v) is 5.05. The number of ether oxygens (including phenoxy) is 2. The second-order valence-corrected chi connectivity index (χ2v) is 14.1. The van der Waals surface area contributed by atoms with E-state index in [9.17, 15) is 32.1 Å². The van der Waals surface area contributed by atoms with Crippen LogP contribution in [0.3, 0.4) is 0 Å². The molecule has 1 saturated heterocycles. The number of nitrogens with one attached hydrogen (secondary N) is 2. The Balaban J connectivity index is 1.92. The fraction of sp³-hybridized carbons (Fsp3) is 0.583. The number of carbonyl (C=O) groups excluding carboxylic acids is 4. The van der Waals surface area contributed by atoms with Crippen LogP contribution in [0.2, 0.25) is 0 Å². The summed E-state index contributed by atoms with van der Waals surface area (Å²) in [5.41, 5.74) is -4.03. The van der Waals surface area contributed by atoms with Crippen molar-refractivity contribution in [3.63, 3.8) is 0 Å². The van der Waals surface area contributed by atoms with E-state index in [1.54, 1.807) is 41.5 Å². The van der Waals surface area contributed by atoms with Gasteiger partial charge in [0.25, 0.3) is 11.8 Å². The molecule has 18 nitrogen and oxygen atoms in total. The Morgan fingerprint density at radius 1 is 1.09 bits per heavy atom. The third kappa shape index (κ3) is 8.92. The third-order valence-corrected chi connectivity index (χ3v) is 7.08. The van der Waals surface area contributed by atoms with E-state index in [1.165, 1.54) is 36.6 Å². The van der Waals surface area contributed by atoms with Gasteiger partial charge in [-0.05, 0) is 55.4 Å². The summed E-state index contributed by atoms with van der Waals surface area (Å²) in [4.78, 5) is 64.5. The van der Waals surface area contributed by atoms with Gasteiger partial charge in [-0.1, -0.05) is 5.16 Å². The highest BCUT2D eigenvalue weighted by atomic mass is 32.2. The number of hydrogen-bond donors (Lipinski definition) is 3. The van der Waals surface area contributed by atoms with Crippen molar-refractivity contribution < 1.29 is 46.5 Å². The van der Waals surface area contributed by atoms with E-state index in [0.717, 1.165) is 11.3 Å². The number of hydrogen-bond acceptors (Lipinski definition) is 14. The molecule has 3 N–H and O–H groups in total. The molecule has 2 atom stereocenters. The zero-order valence-corrected chi connectivity index (χ0v) is 26.8. The van der Waals surface area contributed by atoms with Crippen LogP contribution in [0.1, 0.15) is 61.1 Å². The van der Waals surface area contributed by atoms with Crippen molar-refractivity contribution in [3.05, 3.63) is 23.7 Å². The van der Waals surface area contributed by atoms with Gasteiger partial charge in [0.1, 0.15) is 35.6 Å². The summed E-state index contributed by atoms with van der Waals surface area (Å²) in [6, 6.07) is -2.75.